The van der Waals surface area contributed by atoms with Gasteiger partial charge in [0, 0.05) is 42.8 Å². The number of benzene rings is 2. The molecule has 13 amide bonds. The van der Waals surface area contributed by atoms with E-state index in [-0.39, 0.29) is 32.2 Å². The van der Waals surface area contributed by atoms with Crippen LogP contribution in [0.25, 0.3) is 10.9 Å². The lowest BCUT2D eigenvalue weighted by Crippen LogP contribution is -2.60. The summed E-state index contributed by atoms with van der Waals surface area (Å²) in [7, 11) is 0. The number of H-pyrrole nitrogens is 1. The van der Waals surface area contributed by atoms with E-state index in [0.29, 0.717) is 28.5 Å². The predicted octanol–water partition coefficient (Wildman–Crippen LogP) is -5.45. The van der Waals surface area contributed by atoms with Crippen molar-refractivity contribution in [3.63, 3.8) is 0 Å². The first kappa shape index (κ1) is 74.2. The van der Waals surface area contributed by atoms with Crippen LogP contribution in [-0.4, -0.2) is 177 Å². The summed E-state index contributed by atoms with van der Waals surface area (Å²) in [6, 6.07) is 0.0165. The number of aromatic nitrogens is 1. The minimum absolute atomic E-state index is 0.103. The van der Waals surface area contributed by atoms with Crippen LogP contribution in [-0.2, 0) is 84.8 Å². The fraction of sp³-hybridized carbons (Fsp3) is 0.491. The second-order valence-corrected chi connectivity index (χ2v) is 21.6. The smallest absolute Gasteiger partial charge is 0.326 e. The van der Waals surface area contributed by atoms with Gasteiger partial charge >= 0.3 is 11.9 Å². The lowest BCUT2D eigenvalue weighted by Gasteiger charge is -2.28. The molecule has 1 heterocycles. The number of primary amides is 3. The minimum atomic E-state index is -1.78. The van der Waals surface area contributed by atoms with Crippen molar-refractivity contribution >= 4 is 99.6 Å². The van der Waals surface area contributed by atoms with Crippen LogP contribution < -0.4 is 81.8 Å². The summed E-state index contributed by atoms with van der Waals surface area (Å²) in [5.41, 5.74) is 28.9. The Kier molecular flexibility index (Phi) is 30.5. The molecule has 0 saturated carbocycles. The molecule has 33 heteroatoms. The van der Waals surface area contributed by atoms with Crippen molar-refractivity contribution in [1.82, 2.24) is 58.2 Å². The molecule has 0 aliphatic heterocycles. The summed E-state index contributed by atoms with van der Waals surface area (Å²) in [6.45, 7) is 4.85. The fourth-order valence-corrected chi connectivity index (χ4v) is 8.84. The molecule has 10 atom stereocenters. The van der Waals surface area contributed by atoms with Gasteiger partial charge in [-0.25, -0.2) is 4.79 Å². The highest BCUT2D eigenvalue weighted by Gasteiger charge is 2.36. The average molecular weight is 1260 g/mol. The Morgan fingerprint density at radius 3 is 1.56 bits per heavy atom. The van der Waals surface area contributed by atoms with Crippen LogP contribution in [0.5, 0.6) is 0 Å². The maximum Gasteiger partial charge on any atom is 0.326 e. The SMILES string of the molecule is CC(C)[C@H](NC(=O)[C@H](CCC(=O)O)NC(=O)[C@H](C)NC(=O)[C@H](Cc1c[nH]c2ccccc12)NC(=O)[C@H](CCC(N)=O)NC(=O)[C@H](CCCCN)NC(=O)CNC(=O)[C@H](CC(N)=O)NC(=O)[C@H](CC(N)=O)NC(=O)[C@H](C)N)C(=O)N[C@@H](Cc1ccccc1)C(=O)O. The topological polar surface area (TPSA) is 563 Å². The molecule has 33 nitrogen and oxygen atoms in total. The van der Waals surface area contributed by atoms with E-state index in [1.165, 1.54) is 13.8 Å². The van der Waals surface area contributed by atoms with Crippen molar-refractivity contribution in [2.75, 3.05) is 13.1 Å². The van der Waals surface area contributed by atoms with Crippen molar-refractivity contribution in [2.24, 2.45) is 34.6 Å². The lowest BCUT2D eigenvalue weighted by molar-refractivity contribution is -0.142. The van der Waals surface area contributed by atoms with Crippen LogP contribution >= 0.6 is 0 Å². The normalized spacial score (nSPS) is 14.3. The number of carboxylic acid groups (broad SMARTS) is 2. The van der Waals surface area contributed by atoms with Crippen LogP contribution in [0.4, 0.5) is 0 Å². The van der Waals surface area contributed by atoms with Gasteiger partial charge in [-0.3, -0.25) is 67.1 Å². The number of rotatable bonds is 40. The van der Waals surface area contributed by atoms with Crippen LogP contribution in [0.2, 0.25) is 0 Å². The number of unbranched alkanes of at least 4 members (excludes halogenated alkanes) is 1. The summed E-state index contributed by atoms with van der Waals surface area (Å²) < 4.78 is 0. The third-order valence-corrected chi connectivity index (χ3v) is 13.7. The van der Waals surface area contributed by atoms with Crippen LogP contribution in [0, 0.1) is 5.92 Å². The largest absolute Gasteiger partial charge is 0.481 e. The van der Waals surface area contributed by atoms with E-state index < -0.39 is 200 Å². The third-order valence-electron chi connectivity index (χ3n) is 13.7. The molecule has 3 rings (SSSR count). The van der Waals surface area contributed by atoms with E-state index in [4.69, 9.17) is 28.7 Å². The number of carboxylic acids is 2. The number of nitrogens with two attached hydrogens (primary N) is 5. The number of hydrogen-bond acceptors (Lipinski definition) is 17. The first-order valence-electron chi connectivity index (χ1n) is 28.7. The van der Waals surface area contributed by atoms with Crippen molar-refractivity contribution < 1.29 is 82.1 Å². The lowest BCUT2D eigenvalue weighted by atomic mass is 10.0. The molecule has 0 aliphatic rings. The Hall–Kier alpha value is -10.1. The van der Waals surface area contributed by atoms with Crippen molar-refractivity contribution in [2.45, 2.75) is 159 Å². The number of hydrogen-bond donors (Lipinski definition) is 18. The molecule has 0 spiro atoms. The quantitative estimate of drug-likeness (QED) is 0.0236. The number of fused-ring (bicyclic) bond motifs is 1. The summed E-state index contributed by atoms with van der Waals surface area (Å²) in [6.07, 6.45) is -2.14. The van der Waals surface area contributed by atoms with E-state index in [1.54, 1.807) is 74.6 Å². The number of nitrogens with one attached hydrogen (secondary N) is 11. The van der Waals surface area contributed by atoms with Gasteiger partial charge in [0.1, 0.15) is 54.4 Å². The zero-order chi connectivity index (χ0) is 67.4. The molecule has 0 saturated heterocycles. The van der Waals surface area contributed by atoms with E-state index in [9.17, 15) is 82.1 Å². The highest BCUT2D eigenvalue weighted by Crippen LogP contribution is 2.20. The molecular formula is C57H82N16O17. The third kappa shape index (κ3) is 25.7. The van der Waals surface area contributed by atoms with Gasteiger partial charge in [-0.2, -0.15) is 0 Å². The van der Waals surface area contributed by atoms with Crippen molar-refractivity contribution in [3.05, 3.63) is 71.9 Å². The zero-order valence-electron chi connectivity index (χ0n) is 50.2. The van der Waals surface area contributed by atoms with Gasteiger partial charge in [0.15, 0.2) is 0 Å². The van der Waals surface area contributed by atoms with Gasteiger partial charge in [-0.15, -0.1) is 0 Å². The Labute approximate surface area is 516 Å². The van der Waals surface area contributed by atoms with Gasteiger partial charge in [0.05, 0.1) is 25.4 Å². The van der Waals surface area contributed by atoms with Crippen molar-refractivity contribution in [1.29, 1.82) is 0 Å². The van der Waals surface area contributed by atoms with Crippen molar-refractivity contribution in [3.8, 4) is 0 Å². The van der Waals surface area contributed by atoms with Gasteiger partial charge in [-0.1, -0.05) is 62.4 Å². The Balaban J connectivity index is 1.88. The van der Waals surface area contributed by atoms with Gasteiger partial charge < -0.3 is 97.0 Å². The molecule has 90 heavy (non-hydrogen) atoms. The summed E-state index contributed by atoms with van der Waals surface area (Å²) in [5, 5.41) is 43.9. The molecule has 0 radical (unpaired) electrons. The second-order valence-electron chi connectivity index (χ2n) is 21.6. The van der Waals surface area contributed by atoms with Crippen LogP contribution in [0.15, 0.2) is 60.8 Å². The standard InChI is InChI=1S/C57H82N16O17/c1-28(2)47(56(88)72-41(57(89)90)22-31-12-6-5-7-13-31)73-53(85)37(18-20-46(78)79)67-49(81)30(4)65-54(86)38(23-32-26-63-34-15-9-8-14-33(32)34)70-52(84)36(17-19-42(60)74)68-51(83)35(16-10-11-21-58)66-45(77)27-64-50(82)39(24-43(61)75)71-55(87)40(25-44(62)76)69-48(80)29(3)59/h5-9,12-15,26,28-30,35-41,47,63H,10-11,16-25,27,58-59H2,1-4H3,(H2,60,74)(H2,61,75)(H2,62,76)(H,64,82)(H,65,86)(H,66,77)(H,67,81)(H,68,83)(H,69,80)(H,70,84)(H,71,87)(H,72,88)(H,73,85)(H,78,79)(H,89,90)/t29-,30-,35-,36-,37-,38-,39-,40-,41-,47-/m0/s1. The Morgan fingerprint density at radius 1 is 0.489 bits per heavy atom. The van der Waals surface area contributed by atoms with Gasteiger partial charge in [0.2, 0.25) is 76.8 Å². The van der Waals surface area contributed by atoms with Crippen LogP contribution in [0.1, 0.15) is 96.6 Å². The maximum absolute atomic E-state index is 14.4. The molecule has 3 aromatic rings. The summed E-state index contributed by atoms with van der Waals surface area (Å²) in [4.78, 5) is 199. The molecule has 0 bridgehead atoms. The first-order chi connectivity index (χ1) is 42.4. The molecule has 23 N–H and O–H groups in total. The predicted molar refractivity (Wildman–Crippen MR) is 320 cm³/mol. The zero-order valence-corrected chi connectivity index (χ0v) is 50.2. The fourth-order valence-electron chi connectivity index (χ4n) is 8.84. The highest BCUT2D eigenvalue weighted by atomic mass is 16.4. The number of amides is 13. The second kappa shape index (κ2) is 36.9. The molecule has 492 valence electrons. The first-order valence-corrected chi connectivity index (χ1v) is 28.7. The van der Waals surface area contributed by atoms with Gasteiger partial charge in [-0.05, 0) is 75.6 Å². The molecule has 0 fully saturated rings. The van der Waals surface area contributed by atoms with Crippen LogP contribution in [0.3, 0.4) is 0 Å². The number of para-hydroxylation sites is 1. The minimum Gasteiger partial charge on any atom is -0.481 e. The maximum atomic E-state index is 14.4. The number of carbonyl (C=O) groups excluding carboxylic acids is 13. The molecule has 1 aromatic heterocycles. The summed E-state index contributed by atoms with van der Waals surface area (Å²) >= 11 is 0. The summed E-state index contributed by atoms with van der Waals surface area (Å²) in [5.74, 6) is -16.7. The average Bonchev–Trinajstić information content (AvgIpc) is 2.30. The van der Waals surface area contributed by atoms with E-state index in [2.05, 4.69) is 58.2 Å². The number of aromatic amines is 1. The number of aliphatic carboxylic acids is 2. The van der Waals surface area contributed by atoms with E-state index in [1.807, 2.05) is 0 Å². The molecular weight excluding hydrogens is 1180 g/mol. The van der Waals surface area contributed by atoms with E-state index in [0.717, 1.165) is 0 Å². The highest BCUT2D eigenvalue weighted by molar-refractivity contribution is 6.00. The molecule has 0 aliphatic carbocycles. The molecule has 2 aromatic carbocycles. The number of carbonyl (C=O) groups is 15. The Morgan fingerprint density at radius 2 is 0.989 bits per heavy atom. The Bertz CT molecular complexity index is 3070. The molecule has 0 unspecified atom stereocenters. The van der Waals surface area contributed by atoms with Gasteiger partial charge in [0.25, 0.3) is 0 Å². The van der Waals surface area contributed by atoms with E-state index >= 15 is 0 Å². The monoisotopic (exact) mass is 1260 g/mol.